The maximum Gasteiger partial charge on any atom is 0.433 e. The van der Waals surface area contributed by atoms with Gasteiger partial charge in [0.25, 0.3) is 0 Å². The van der Waals surface area contributed by atoms with Crippen LogP contribution >= 0.6 is 0 Å². The molecule has 152 valence electrons. The van der Waals surface area contributed by atoms with Crippen LogP contribution in [0.15, 0.2) is 17.3 Å². The quantitative estimate of drug-likeness (QED) is 0.319. The highest BCUT2D eigenvalue weighted by Crippen LogP contribution is 2.27. The summed E-state index contributed by atoms with van der Waals surface area (Å²) in [5, 5.41) is 11.5. The Morgan fingerprint density at radius 1 is 1.19 bits per heavy atom. The Labute approximate surface area is 156 Å². The molecule has 1 heterocycles. The fourth-order valence-electron chi connectivity index (χ4n) is 1.91. The fraction of sp³-hybridized carbons (Fsp3) is 0.625. The van der Waals surface area contributed by atoms with Crippen LogP contribution in [0.3, 0.4) is 0 Å². The van der Waals surface area contributed by atoms with Gasteiger partial charge in [-0.05, 0) is 33.8 Å². The van der Waals surface area contributed by atoms with E-state index in [9.17, 15) is 18.0 Å². The number of amides is 1. The normalized spacial score (nSPS) is 12.5. The van der Waals surface area contributed by atoms with Crippen LogP contribution in [0, 0.1) is 0 Å². The van der Waals surface area contributed by atoms with Crippen LogP contribution in [0.1, 0.15) is 33.4 Å². The van der Waals surface area contributed by atoms with Crippen LogP contribution in [0.4, 0.5) is 19.1 Å². The van der Waals surface area contributed by atoms with E-state index in [1.54, 1.807) is 0 Å². The lowest BCUT2D eigenvalue weighted by Crippen LogP contribution is -2.43. The van der Waals surface area contributed by atoms with E-state index in [1.165, 1.54) is 0 Å². The molecule has 11 heteroatoms. The van der Waals surface area contributed by atoms with Gasteiger partial charge < -0.3 is 21.3 Å². The van der Waals surface area contributed by atoms with Crippen molar-refractivity contribution < 1.29 is 18.0 Å². The molecule has 0 bridgehead atoms. The van der Waals surface area contributed by atoms with E-state index in [-0.39, 0.29) is 30.5 Å². The molecule has 0 radical (unpaired) electrons. The van der Waals surface area contributed by atoms with E-state index in [0.717, 1.165) is 12.3 Å². The molecule has 0 unspecified atom stereocenters. The molecule has 0 spiro atoms. The molecule has 0 fully saturated rings. The van der Waals surface area contributed by atoms with Gasteiger partial charge in [-0.3, -0.25) is 4.79 Å². The Kier molecular flexibility index (Phi) is 8.26. The first-order chi connectivity index (χ1) is 12.5. The monoisotopic (exact) mass is 389 g/mol. The molecule has 0 aliphatic rings. The van der Waals surface area contributed by atoms with Crippen molar-refractivity contribution in [3.63, 3.8) is 0 Å². The molecule has 0 atom stereocenters. The van der Waals surface area contributed by atoms with Crippen molar-refractivity contribution in [3.05, 3.63) is 18.0 Å². The second kappa shape index (κ2) is 9.93. The molecular formula is C16H26F3N7O. The van der Waals surface area contributed by atoms with Gasteiger partial charge in [-0.2, -0.15) is 13.2 Å². The summed E-state index contributed by atoms with van der Waals surface area (Å²) in [5.74, 6) is 0.0987. The molecule has 27 heavy (non-hydrogen) atoms. The first-order valence-electron chi connectivity index (χ1n) is 8.48. The summed E-state index contributed by atoms with van der Waals surface area (Å²) in [6, 6.07) is 0.808. The number of carbonyl (C=O) groups is 1. The second-order valence-electron chi connectivity index (χ2n) is 6.61. The fourth-order valence-corrected chi connectivity index (χ4v) is 1.91. The summed E-state index contributed by atoms with van der Waals surface area (Å²) in [6.45, 7) is 8.65. The van der Waals surface area contributed by atoms with Crippen molar-refractivity contribution in [1.82, 2.24) is 25.9 Å². The molecule has 1 rings (SSSR count). The third-order valence-electron chi connectivity index (χ3n) is 2.89. The topological polar surface area (TPSA) is 103 Å². The summed E-state index contributed by atoms with van der Waals surface area (Å²) >= 11 is 0. The minimum absolute atomic E-state index is 0.0449. The van der Waals surface area contributed by atoms with E-state index >= 15 is 0 Å². The third-order valence-corrected chi connectivity index (χ3v) is 2.89. The Hall–Kier alpha value is -2.59. The van der Waals surface area contributed by atoms with Gasteiger partial charge in [0, 0.05) is 31.4 Å². The summed E-state index contributed by atoms with van der Waals surface area (Å²) < 4.78 is 37.8. The highest BCUT2D eigenvalue weighted by atomic mass is 19.4. The van der Waals surface area contributed by atoms with Gasteiger partial charge in [-0.1, -0.05) is 0 Å². The number of halogens is 3. The van der Waals surface area contributed by atoms with Crippen molar-refractivity contribution >= 4 is 17.8 Å². The standard InChI is InChI=1S/C16H26F3N7O/c1-5-20-13(24-10-12(27)26-15(2,3)4)22-8-9-23-14-21-7-6-11(25-14)16(17,18)19/h6-7H,5,8-10H2,1-4H3,(H,26,27)(H2,20,22,24)(H,21,23,25). The lowest BCUT2D eigenvalue weighted by molar-refractivity contribution is -0.141. The van der Waals surface area contributed by atoms with Crippen LogP contribution in [0.5, 0.6) is 0 Å². The van der Waals surface area contributed by atoms with Crippen LogP contribution in [0.25, 0.3) is 0 Å². The van der Waals surface area contributed by atoms with E-state index in [2.05, 4.69) is 36.2 Å². The maximum atomic E-state index is 12.6. The van der Waals surface area contributed by atoms with Crippen molar-refractivity contribution in [1.29, 1.82) is 0 Å². The summed E-state index contributed by atoms with van der Waals surface area (Å²) in [5.41, 5.74) is -1.35. The maximum absolute atomic E-state index is 12.6. The minimum atomic E-state index is -4.52. The zero-order valence-corrected chi connectivity index (χ0v) is 15.9. The first-order valence-corrected chi connectivity index (χ1v) is 8.48. The molecule has 8 nitrogen and oxygen atoms in total. The molecule has 0 saturated heterocycles. The van der Waals surface area contributed by atoms with Gasteiger partial charge in [0.2, 0.25) is 11.9 Å². The molecule has 0 aliphatic heterocycles. The predicted molar refractivity (Wildman–Crippen MR) is 97.4 cm³/mol. The van der Waals surface area contributed by atoms with Crippen molar-refractivity contribution in [3.8, 4) is 0 Å². The summed E-state index contributed by atoms with van der Waals surface area (Å²) in [4.78, 5) is 23.1. The second-order valence-corrected chi connectivity index (χ2v) is 6.61. The molecule has 1 aromatic heterocycles. The SMILES string of the molecule is CCNC(=NCC(=O)NC(C)(C)C)NCCNc1nccc(C(F)(F)F)n1. The number of hydrogen-bond donors (Lipinski definition) is 4. The molecule has 4 N–H and O–H groups in total. The van der Waals surface area contributed by atoms with Gasteiger partial charge in [0.05, 0.1) is 0 Å². The predicted octanol–water partition coefficient (Wildman–Crippen LogP) is 1.38. The van der Waals surface area contributed by atoms with E-state index < -0.39 is 11.9 Å². The summed E-state index contributed by atoms with van der Waals surface area (Å²) in [6.07, 6.45) is -3.47. The van der Waals surface area contributed by atoms with Crippen molar-refractivity contribution in [2.45, 2.75) is 39.4 Å². The molecule has 1 amide bonds. The van der Waals surface area contributed by atoms with E-state index in [4.69, 9.17) is 0 Å². The zero-order chi connectivity index (χ0) is 20.5. The molecule has 1 aromatic rings. The van der Waals surface area contributed by atoms with Crippen molar-refractivity contribution in [2.24, 2.45) is 4.99 Å². The van der Waals surface area contributed by atoms with Gasteiger partial charge in [0.1, 0.15) is 12.2 Å². The number of hydrogen-bond acceptors (Lipinski definition) is 5. The van der Waals surface area contributed by atoms with E-state index in [1.807, 2.05) is 27.7 Å². The molecule has 0 aromatic carbocycles. The van der Waals surface area contributed by atoms with Crippen LogP contribution in [-0.4, -0.2) is 53.6 Å². The van der Waals surface area contributed by atoms with Crippen LogP contribution < -0.4 is 21.3 Å². The Balaban J connectivity index is 2.49. The number of nitrogens with one attached hydrogen (secondary N) is 4. The average molecular weight is 389 g/mol. The highest BCUT2D eigenvalue weighted by molar-refractivity contribution is 5.85. The number of carbonyl (C=O) groups excluding carboxylic acids is 1. The number of aliphatic imine (C=N–C) groups is 1. The third kappa shape index (κ3) is 9.61. The molecular weight excluding hydrogens is 363 g/mol. The number of nitrogens with zero attached hydrogens (tertiary/aromatic N) is 3. The van der Waals surface area contributed by atoms with Crippen molar-refractivity contribution in [2.75, 3.05) is 31.5 Å². The molecule has 0 aliphatic carbocycles. The van der Waals surface area contributed by atoms with Gasteiger partial charge >= 0.3 is 6.18 Å². The number of alkyl halides is 3. The smallest absolute Gasteiger partial charge is 0.357 e. The number of aromatic nitrogens is 2. The van der Waals surface area contributed by atoms with Gasteiger partial charge in [-0.25, -0.2) is 15.0 Å². The molecule has 0 saturated carbocycles. The number of guanidine groups is 1. The minimum Gasteiger partial charge on any atom is -0.357 e. The lowest BCUT2D eigenvalue weighted by atomic mass is 10.1. The number of anilines is 1. The Bertz CT molecular complexity index is 642. The Morgan fingerprint density at radius 3 is 2.48 bits per heavy atom. The van der Waals surface area contributed by atoms with Gasteiger partial charge in [-0.15, -0.1) is 0 Å². The number of rotatable bonds is 7. The summed E-state index contributed by atoms with van der Waals surface area (Å²) in [7, 11) is 0. The highest BCUT2D eigenvalue weighted by Gasteiger charge is 2.32. The van der Waals surface area contributed by atoms with E-state index in [0.29, 0.717) is 19.0 Å². The van der Waals surface area contributed by atoms with Crippen LogP contribution in [0.2, 0.25) is 0 Å². The Morgan fingerprint density at radius 2 is 1.89 bits per heavy atom. The van der Waals surface area contributed by atoms with Gasteiger partial charge in [0.15, 0.2) is 5.96 Å². The zero-order valence-electron chi connectivity index (χ0n) is 15.9. The first kappa shape index (κ1) is 22.5. The average Bonchev–Trinajstić information content (AvgIpc) is 2.54. The lowest BCUT2D eigenvalue weighted by Gasteiger charge is -2.20. The van der Waals surface area contributed by atoms with Crippen LogP contribution in [-0.2, 0) is 11.0 Å². The largest absolute Gasteiger partial charge is 0.433 e.